The van der Waals surface area contributed by atoms with Gasteiger partial charge in [-0.25, -0.2) is 4.79 Å². The van der Waals surface area contributed by atoms with Crippen molar-refractivity contribution >= 4 is 40.1 Å². The molecule has 0 saturated heterocycles. The normalized spacial score (nSPS) is 11.3. The highest BCUT2D eigenvalue weighted by atomic mass is 35.5. The summed E-state index contributed by atoms with van der Waals surface area (Å²) < 4.78 is 11.0. The molecular formula is C19H15ClN2O5. The second kappa shape index (κ2) is 7.92. The number of fused-ring (bicyclic) bond motifs is 1. The lowest BCUT2D eigenvalue weighted by Gasteiger charge is -2.09. The predicted octanol–water partition coefficient (Wildman–Crippen LogP) is 3.73. The maximum atomic E-state index is 12.8. The number of benzene rings is 2. The monoisotopic (exact) mass is 386 g/mol. The molecule has 1 aromatic heterocycles. The molecule has 0 aliphatic heterocycles. The summed E-state index contributed by atoms with van der Waals surface area (Å²) in [7, 11) is 1.49. The van der Waals surface area contributed by atoms with E-state index in [1.807, 2.05) is 0 Å². The van der Waals surface area contributed by atoms with Crippen LogP contribution in [0.4, 0.5) is 5.69 Å². The van der Waals surface area contributed by atoms with Gasteiger partial charge in [-0.15, -0.1) is 0 Å². The van der Waals surface area contributed by atoms with Crippen LogP contribution in [-0.2, 0) is 9.63 Å². The molecule has 0 unspecified atom stereocenters. The zero-order valence-corrected chi connectivity index (χ0v) is 15.2. The number of nitrogens with zero attached hydrogens (tertiary/aromatic N) is 1. The van der Waals surface area contributed by atoms with Gasteiger partial charge in [-0.1, -0.05) is 35.9 Å². The van der Waals surface area contributed by atoms with Crippen LogP contribution in [0.2, 0.25) is 5.02 Å². The van der Waals surface area contributed by atoms with E-state index >= 15 is 0 Å². The molecule has 7 nitrogen and oxygen atoms in total. The van der Waals surface area contributed by atoms with Gasteiger partial charge in [0.25, 0.3) is 11.5 Å². The van der Waals surface area contributed by atoms with Crippen molar-refractivity contribution in [1.29, 1.82) is 0 Å². The molecule has 0 aliphatic carbocycles. The third-order valence-electron chi connectivity index (χ3n) is 3.58. The van der Waals surface area contributed by atoms with Crippen molar-refractivity contribution < 1.29 is 23.6 Å². The fourth-order valence-electron chi connectivity index (χ4n) is 2.37. The van der Waals surface area contributed by atoms with Crippen LogP contribution in [0.3, 0.4) is 0 Å². The van der Waals surface area contributed by atoms with Gasteiger partial charge < -0.3 is 19.3 Å². The van der Waals surface area contributed by atoms with E-state index in [-0.39, 0.29) is 11.1 Å². The van der Waals surface area contributed by atoms with Crippen molar-refractivity contribution in [2.24, 2.45) is 5.16 Å². The number of carbonyl (C=O) groups is 2. The Morgan fingerprint density at radius 1 is 1.15 bits per heavy atom. The Morgan fingerprint density at radius 3 is 2.63 bits per heavy atom. The fourth-order valence-corrected chi connectivity index (χ4v) is 2.56. The minimum atomic E-state index is -0.650. The lowest BCUT2D eigenvalue weighted by atomic mass is 10.1. The number of anilines is 1. The Hall–Kier alpha value is -3.32. The van der Waals surface area contributed by atoms with Crippen LogP contribution >= 0.6 is 11.6 Å². The second-order valence-electron chi connectivity index (χ2n) is 5.45. The quantitative estimate of drug-likeness (QED) is 0.545. The molecule has 1 amide bonds. The highest BCUT2D eigenvalue weighted by Crippen LogP contribution is 2.25. The molecule has 27 heavy (non-hydrogen) atoms. The number of carbonyl (C=O) groups excluding carboxylic acids is 2. The highest BCUT2D eigenvalue weighted by molar-refractivity contribution is 6.33. The highest BCUT2D eigenvalue weighted by Gasteiger charge is 2.16. The minimum absolute atomic E-state index is 0.0666. The van der Waals surface area contributed by atoms with Gasteiger partial charge in [0.15, 0.2) is 11.3 Å². The van der Waals surface area contributed by atoms with E-state index < -0.39 is 11.9 Å². The van der Waals surface area contributed by atoms with E-state index in [2.05, 4.69) is 15.3 Å². The maximum Gasteiger partial charge on any atom is 0.332 e. The molecule has 0 aliphatic rings. The van der Waals surface area contributed by atoms with Crippen molar-refractivity contribution in [2.45, 2.75) is 6.92 Å². The minimum Gasteiger partial charge on any atom is -0.493 e. The van der Waals surface area contributed by atoms with Crippen LogP contribution in [0.5, 0.6) is 5.75 Å². The number of rotatable bonds is 4. The smallest absolute Gasteiger partial charge is 0.332 e. The molecule has 2 aromatic carbocycles. The van der Waals surface area contributed by atoms with Gasteiger partial charge in [0.05, 0.1) is 17.8 Å². The van der Waals surface area contributed by atoms with Gasteiger partial charge >= 0.3 is 5.97 Å². The van der Waals surface area contributed by atoms with Gasteiger partial charge in [0.2, 0.25) is 0 Å². The third kappa shape index (κ3) is 4.09. The second-order valence-corrected chi connectivity index (χ2v) is 5.86. The standard InChI is InChI=1S/C19H15ClN2O5/c1-11(23)27-22-19-13(18(24)21-15-8-4-3-7-14(15)20)10-12-6-5-9-16(25-2)17(12)26-19/h3-10H,1-2H3,(H,21,24)/b22-19-. The average molecular weight is 387 g/mol. The summed E-state index contributed by atoms with van der Waals surface area (Å²) in [5.41, 5.74) is 0.678. The van der Waals surface area contributed by atoms with E-state index in [0.29, 0.717) is 27.4 Å². The Kier molecular flexibility index (Phi) is 5.42. The molecule has 0 bridgehead atoms. The molecule has 3 aromatic rings. The average Bonchev–Trinajstić information content (AvgIpc) is 2.66. The number of para-hydroxylation sites is 2. The molecule has 0 saturated carbocycles. The lowest BCUT2D eigenvalue weighted by molar-refractivity contribution is -0.141. The molecule has 0 atom stereocenters. The summed E-state index contributed by atoms with van der Waals surface area (Å²) in [6.07, 6.45) is 0. The summed E-state index contributed by atoms with van der Waals surface area (Å²) in [5, 5.41) is 7.33. The summed E-state index contributed by atoms with van der Waals surface area (Å²) in [6, 6.07) is 13.6. The Balaban J connectivity index is 2.13. The molecule has 3 rings (SSSR count). The first-order chi connectivity index (χ1) is 13.0. The number of halogens is 1. The molecular weight excluding hydrogens is 372 g/mol. The van der Waals surface area contributed by atoms with Crippen molar-refractivity contribution in [3.8, 4) is 5.75 Å². The molecule has 8 heteroatoms. The number of methoxy groups -OCH3 is 1. The molecule has 138 valence electrons. The van der Waals surface area contributed by atoms with E-state index in [1.165, 1.54) is 14.0 Å². The lowest BCUT2D eigenvalue weighted by Crippen LogP contribution is -2.22. The zero-order chi connectivity index (χ0) is 19.4. The number of nitrogens with one attached hydrogen (secondary N) is 1. The number of hydrogen-bond acceptors (Lipinski definition) is 6. The van der Waals surface area contributed by atoms with E-state index in [0.717, 1.165) is 0 Å². The van der Waals surface area contributed by atoms with Crippen LogP contribution in [0.1, 0.15) is 17.3 Å². The molecule has 1 heterocycles. The SMILES string of the molecule is COc1cccc2cc(C(=O)Nc3ccccc3Cl)/c(=N/OC(C)=O)oc12. The Labute approximate surface area is 159 Å². The zero-order valence-electron chi connectivity index (χ0n) is 14.5. The van der Waals surface area contributed by atoms with Crippen molar-refractivity contribution in [3.63, 3.8) is 0 Å². The Morgan fingerprint density at radius 2 is 1.93 bits per heavy atom. The van der Waals surface area contributed by atoms with Crippen molar-refractivity contribution in [3.05, 3.63) is 64.7 Å². The fraction of sp³-hybridized carbons (Fsp3) is 0.105. The van der Waals surface area contributed by atoms with Crippen LogP contribution in [0.15, 0.2) is 58.1 Å². The largest absolute Gasteiger partial charge is 0.493 e. The first kappa shape index (κ1) is 18.5. The summed E-state index contributed by atoms with van der Waals surface area (Å²) >= 11 is 6.09. The van der Waals surface area contributed by atoms with Crippen LogP contribution < -0.4 is 15.6 Å². The van der Waals surface area contributed by atoms with E-state index in [1.54, 1.807) is 48.5 Å². The molecule has 0 fully saturated rings. The molecule has 0 radical (unpaired) electrons. The Bertz CT molecular complexity index is 1090. The first-order valence-corrected chi connectivity index (χ1v) is 8.25. The summed E-state index contributed by atoms with van der Waals surface area (Å²) in [5.74, 6) is -0.727. The van der Waals surface area contributed by atoms with E-state index in [9.17, 15) is 9.59 Å². The van der Waals surface area contributed by atoms with Gasteiger partial charge in [-0.2, -0.15) is 0 Å². The molecule has 0 spiro atoms. The van der Waals surface area contributed by atoms with Gasteiger partial charge in [-0.3, -0.25) is 4.79 Å². The number of amides is 1. The van der Waals surface area contributed by atoms with Crippen molar-refractivity contribution in [1.82, 2.24) is 0 Å². The topological polar surface area (TPSA) is 90.1 Å². The van der Waals surface area contributed by atoms with Crippen LogP contribution in [-0.4, -0.2) is 19.0 Å². The molecule has 1 N–H and O–H groups in total. The summed E-state index contributed by atoms with van der Waals surface area (Å²) in [6.45, 7) is 1.19. The number of hydrogen-bond donors (Lipinski definition) is 1. The van der Waals surface area contributed by atoms with Gasteiger partial charge in [-0.05, 0) is 29.4 Å². The maximum absolute atomic E-state index is 12.8. The van der Waals surface area contributed by atoms with Gasteiger partial charge in [0.1, 0.15) is 5.56 Å². The van der Waals surface area contributed by atoms with Crippen LogP contribution in [0, 0.1) is 0 Å². The van der Waals surface area contributed by atoms with Crippen molar-refractivity contribution in [2.75, 3.05) is 12.4 Å². The van der Waals surface area contributed by atoms with Gasteiger partial charge in [0, 0.05) is 12.3 Å². The number of ether oxygens (including phenoxy) is 1. The summed E-state index contributed by atoms with van der Waals surface area (Å²) in [4.78, 5) is 28.5. The first-order valence-electron chi connectivity index (χ1n) is 7.88. The predicted molar refractivity (Wildman–Crippen MR) is 99.5 cm³/mol. The van der Waals surface area contributed by atoms with Crippen LogP contribution in [0.25, 0.3) is 11.0 Å². The third-order valence-corrected chi connectivity index (χ3v) is 3.91. The van der Waals surface area contributed by atoms with E-state index in [4.69, 9.17) is 20.8 Å².